The zero-order chi connectivity index (χ0) is 19.5. The molecule has 140 valence electrons. The molecule has 0 bridgehead atoms. The second kappa shape index (κ2) is 7.56. The van der Waals surface area contributed by atoms with Gasteiger partial charge >= 0.3 is 0 Å². The highest BCUT2D eigenvalue weighted by molar-refractivity contribution is 5.91. The number of fused-ring (bicyclic) bond motifs is 1. The van der Waals surface area contributed by atoms with Gasteiger partial charge in [-0.1, -0.05) is 0 Å². The number of aromatic amines is 1. The second-order valence-electron chi connectivity index (χ2n) is 6.40. The lowest BCUT2D eigenvalue weighted by Crippen LogP contribution is -2.07. The van der Waals surface area contributed by atoms with Gasteiger partial charge in [-0.05, 0) is 55.0 Å². The number of anilines is 1. The Hall–Kier alpha value is -3.61. The van der Waals surface area contributed by atoms with Gasteiger partial charge in [0, 0.05) is 35.6 Å². The average molecular weight is 377 g/mol. The van der Waals surface area contributed by atoms with Gasteiger partial charge in [0.15, 0.2) is 0 Å². The number of H-pyrrole nitrogens is 1. The summed E-state index contributed by atoms with van der Waals surface area (Å²) in [6, 6.07) is 8.99. The van der Waals surface area contributed by atoms with Crippen LogP contribution < -0.4 is 5.32 Å². The number of aromatic nitrogens is 4. The first-order valence-electron chi connectivity index (χ1n) is 8.73. The van der Waals surface area contributed by atoms with Gasteiger partial charge in [0.25, 0.3) is 0 Å². The molecule has 0 amide bonds. The molecule has 2 heterocycles. The third kappa shape index (κ3) is 3.88. The molecule has 0 spiro atoms. The van der Waals surface area contributed by atoms with Gasteiger partial charge in [-0.2, -0.15) is 5.10 Å². The van der Waals surface area contributed by atoms with Crippen LogP contribution in [0.3, 0.4) is 0 Å². The predicted molar refractivity (Wildman–Crippen MR) is 105 cm³/mol. The fourth-order valence-corrected chi connectivity index (χ4v) is 2.97. The third-order valence-corrected chi connectivity index (χ3v) is 4.36. The molecule has 1 atom stereocenters. The standard InChI is InChI=1S/C21H17F2N5/c1-13(14-8-15(22)10-16(23)9-14)26-17-2-4-20-19(11-17)21(28-27-20)5-3-18-12-24-6-7-25-18/h2-13,26H,1H3,(H,27,28). The molecule has 2 aromatic carbocycles. The van der Waals surface area contributed by atoms with Gasteiger partial charge in [-0.15, -0.1) is 0 Å². The molecule has 1 unspecified atom stereocenters. The molecule has 0 radical (unpaired) electrons. The molecular weight excluding hydrogens is 360 g/mol. The normalized spacial score (nSPS) is 12.5. The Labute approximate surface area is 160 Å². The third-order valence-electron chi connectivity index (χ3n) is 4.36. The lowest BCUT2D eigenvalue weighted by atomic mass is 10.1. The molecule has 28 heavy (non-hydrogen) atoms. The summed E-state index contributed by atoms with van der Waals surface area (Å²) in [5, 5.41) is 11.5. The van der Waals surface area contributed by atoms with Gasteiger partial charge in [0.2, 0.25) is 0 Å². The van der Waals surface area contributed by atoms with Crippen molar-refractivity contribution in [3.8, 4) is 0 Å². The molecule has 0 aliphatic heterocycles. The highest BCUT2D eigenvalue weighted by Gasteiger charge is 2.10. The van der Waals surface area contributed by atoms with Crippen molar-refractivity contribution in [2.24, 2.45) is 0 Å². The van der Waals surface area contributed by atoms with E-state index in [4.69, 9.17) is 0 Å². The van der Waals surface area contributed by atoms with E-state index in [0.29, 0.717) is 5.56 Å². The number of hydrogen-bond donors (Lipinski definition) is 2. The van der Waals surface area contributed by atoms with Crippen LogP contribution in [0.1, 0.15) is 29.9 Å². The van der Waals surface area contributed by atoms with E-state index >= 15 is 0 Å². The number of halogens is 2. The summed E-state index contributed by atoms with van der Waals surface area (Å²) in [6.07, 6.45) is 8.60. The molecule has 0 aliphatic rings. The predicted octanol–water partition coefficient (Wildman–Crippen LogP) is 4.97. The minimum Gasteiger partial charge on any atom is -0.378 e. The van der Waals surface area contributed by atoms with Crippen LogP contribution in [0.15, 0.2) is 55.0 Å². The van der Waals surface area contributed by atoms with Gasteiger partial charge in [0.1, 0.15) is 11.6 Å². The van der Waals surface area contributed by atoms with Gasteiger partial charge in [0.05, 0.1) is 23.1 Å². The maximum atomic E-state index is 13.5. The van der Waals surface area contributed by atoms with Gasteiger partial charge in [-0.3, -0.25) is 15.1 Å². The zero-order valence-electron chi connectivity index (χ0n) is 15.0. The molecule has 5 nitrogen and oxygen atoms in total. The minimum atomic E-state index is -0.592. The van der Waals surface area contributed by atoms with Crippen LogP contribution in [0.25, 0.3) is 23.1 Å². The lowest BCUT2D eigenvalue weighted by molar-refractivity contribution is 0.577. The maximum Gasteiger partial charge on any atom is 0.126 e. The van der Waals surface area contributed by atoms with Crippen molar-refractivity contribution in [1.29, 1.82) is 0 Å². The number of hydrogen-bond acceptors (Lipinski definition) is 4. The van der Waals surface area contributed by atoms with E-state index in [0.717, 1.165) is 34.0 Å². The summed E-state index contributed by atoms with van der Waals surface area (Å²) in [4.78, 5) is 8.23. The highest BCUT2D eigenvalue weighted by Crippen LogP contribution is 2.26. The molecule has 0 saturated carbocycles. The Morgan fingerprint density at radius 2 is 1.86 bits per heavy atom. The Morgan fingerprint density at radius 3 is 2.61 bits per heavy atom. The van der Waals surface area contributed by atoms with Crippen LogP contribution in [0.4, 0.5) is 14.5 Å². The van der Waals surface area contributed by atoms with Crippen LogP contribution in [0.2, 0.25) is 0 Å². The first-order chi connectivity index (χ1) is 13.6. The summed E-state index contributed by atoms with van der Waals surface area (Å²) in [5.41, 5.74) is 3.73. The fraction of sp³-hybridized carbons (Fsp3) is 0.0952. The average Bonchev–Trinajstić information content (AvgIpc) is 3.09. The van der Waals surface area contributed by atoms with E-state index < -0.39 is 11.6 Å². The topological polar surface area (TPSA) is 66.5 Å². The summed E-state index contributed by atoms with van der Waals surface area (Å²) in [5.74, 6) is -1.18. The molecule has 2 aromatic heterocycles. The van der Waals surface area contributed by atoms with Crippen LogP contribution in [-0.4, -0.2) is 20.2 Å². The van der Waals surface area contributed by atoms with Crippen LogP contribution in [0.5, 0.6) is 0 Å². The highest BCUT2D eigenvalue weighted by atomic mass is 19.1. The zero-order valence-corrected chi connectivity index (χ0v) is 15.0. The first-order valence-corrected chi connectivity index (χ1v) is 8.73. The molecule has 4 rings (SSSR count). The van der Waals surface area contributed by atoms with E-state index in [-0.39, 0.29) is 6.04 Å². The van der Waals surface area contributed by atoms with Crippen molar-refractivity contribution in [3.63, 3.8) is 0 Å². The van der Waals surface area contributed by atoms with Gasteiger partial charge in [-0.25, -0.2) is 8.78 Å². The molecule has 0 saturated heterocycles. The Bertz CT molecular complexity index is 1120. The summed E-state index contributed by atoms with van der Waals surface area (Å²) < 4.78 is 26.9. The summed E-state index contributed by atoms with van der Waals surface area (Å²) >= 11 is 0. The number of rotatable bonds is 5. The molecule has 0 fully saturated rings. The van der Waals surface area contributed by atoms with Crippen molar-refractivity contribution in [2.75, 3.05) is 5.32 Å². The number of nitrogens with zero attached hydrogens (tertiary/aromatic N) is 3. The lowest BCUT2D eigenvalue weighted by Gasteiger charge is -2.16. The van der Waals surface area contributed by atoms with Crippen molar-refractivity contribution in [1.82, 2.24) is 20.2 Å². The first kappa shape index (κ1) is 17.8. The van der Waals surface area contributed by atoms with E-state index in [1.54, 1.807) is 18.6 Å². The van der Waals surface area contributed by atoms with Crippen LogP contribution in [-0.2, 0) is 0 Å². The van der Waals surface area contributed by atoms with Crippen molar-refractivity contribution < 1.29 is 8.78 Å². The molecule has 0 aliphatic carbocycles. The van der Waals surface area contributed by atoms with E-state index in [9.17, 15) is 8.78 Å². The smallest absolute Gasteiger partial charge is 0.126 e. The number of nitrogens with one attached hydrogen (secondary N) is 2. The van der Waals surface area contributed by atoms with Crippen LogP contribution in [0, 0.1) is 11.6 Å². The SMILES string of the molecule is CC(Nc1ccc2[nH]nc(C=Cc3cnccn3)c2c1)c1cc(F)cc(F)c1. The Balaban J connectivity index is 1.59. The molecular formula is C21H17F2N5. The van der Waals surface area contributed by atoms with E-state index in [1.165, 1.54) is 12.1 Å². The van der Waals surface area contributed by atoms with Gasteiger partial charge < -0.3 is 5.32 Å². The monoisotopic (exact) mass is 377 g/mol. The fourth-order valence-electron chi connectivity index (χ4n) is 2.97. The van der Waals surface area contributed by atoms with E-state index in [1.807, 2.05) is 37.3 Å². The van der Waals surface area contributed by atoms with Crippen LogP contribution >= 0.6 is 0 Å². The second-order valence-corrected chi connectivity index (χ2v) is 6.40. The van der Waals surface area contributed by atoms with Crippen molar-refractivity contribution in [3.05, 3.63) is 83.6 Å². The maximum absolute atomic E-state index is 13.5. The molecule has 4 aromatic rings. The minimum absolute atomic E-state index is 0.270. The largest absolute Gasteiger partial charge is 0.378 e. The summed E-state index contributed by atoms with van der Waals surface area (Å²) in [7, 11) is 0. The van der Waals surface area contributed by atoms with Crippen molar-refractivity contribution in [2.45, 2.75) is 13.0 Å². The quantitative estimate of drug-likeness (QED) is 0.515. The molecule has 7 heteroatoms. The Morgan fingerprint density at radius 1 is 1.04 bits per heavy atom. The summed E-state index contributed by atoms with van der Waals surface area (Å²) in [6.45, 7) is 1.85. The van der Waals surface area contributed by atoms with Crippen molar-refractivity contribution >= 4 is 28.7 Å². The number of benzene rings is 2. The Kier molecular flexibility index (Phi) is 4.80. The molecule has 2 N–H and O–H groups in total. The van der Waals surface area contributed by atoms with E-state index in [2.05, 4.69) is 25.5 Å².